The highest BCUT2D eigenvalue weighted by Crippen LogP contribution is 2.31. The minimum atomic E-state index is -3.80. The molecular formula is C40H32N2O6S. The molecule has 0 bridgehead atoms. The predicted octanol–water partition coefficient (Wildman–Crippen LogP) is 9.63. The van der Waals surface area contributed by atoms with Gasteiger partial charge >= 0.3 is 0 Å². The summed E-state index contributed by atoms with van der Waals surface area (Å²) >= 11 is 0. The summed E-state index contributed by atoms with van der Waals surface area (Å²) in [6.45, 7) is 3.88. The van der Waals surface area contributed by atoms with Crippen molar-refractivity contribution in [1.29, 1.82) is 0 Å². The van der Waals surface area contributed by atoms with Gasteiger partial charge in [0, 0.05) is 35.7 Å². The Bertz CT molecular complexity index is 2120. The molecule has 0 spiro atoms. The van der Waals surface area contributed by atoms with E-state index in [4.69, 9.17) is 9.47 Å². The number of nitrogens with zero attached hydrogens (tertiary/aromatic N) is 2. The Morgan fingerprint density at radius 3 is 1.33 bits per heavy atom. The minimum absolute atomic E-state index is 0.120. The third-order valence-corrected chi connectivity index (χ3v) is 9.23. The van der Waals surface area contributed by atoms with Gasteiger partial charge < -0.3 is 19.7 Å². The standard InChI is InChI=1S/C40H32N2O6S/c1-27-9-19-39(43)29(21-27)25-41-31-5-3-7-35(23-31)47-33-11-15-37(16-12-33)49(45,46)38-17-13-34(14-18-38)48-36-8-4-6-32(24-36)42-26-30-22-28(2)10-20-40(30)44/h3-26,43-44H,1-2H3. The van der Waals surface area contributed by atoms with Gasteiger partial charge in [-0.3, -0.25) is 9.98 Å². The number of benzene rings is 6. The van der Waals surface area contributed by atoms with Crippen molar-refractivity contribution in [2.45, 2.75) is 23.6 Å². The van der Waals surface area contributed by atoms with E-state index in [1.807, 2.05) is 50.2 Å². The van der Waals surface area contributed by atoms with Crippen molar-refractivity contribution in [3.8, 4) is 34.5 Å². The van der Waals surface area contributed by atoms with E-state index in [1.165, 1.54) is 24.3 Å². The first kappa shape index (κ1) is 32.7. The van der Waals surface area contributed by atoms with Crippen LogP contribution in [0.2, 0.25) is 0 Å². The Labute approximate surface area is 284 Å². The summed E-state index contributed by atoms with van der Waals surface area (Å²) in [5.74, 6) is 2.26. The van der Waals surface area contributed by atoms with E-state index in [1.54, 1.807) is 85.2 Å². The van der Waals surface area contributed by atoms with Gasteiger partial charge in [0.15, 0.2) is 0 Å². The Morgan fingerprint density at radius 1 is 0.510 bits per heavy atom. The second kappa shape index (κ2) is 14.3. The molecule has 2 N–H and O–H groups in total. The van der Waals surface area contributed by atoms with Crippen molar-refractivity contribution in [3.05, 3.63) is 156 Å². The number of rotatable bonds is 10. The number of aliphatic imine (C=N–C) groups is 2. The second-order valence-electron chi connectivity index (χ2n) is 11.3. The zero-order chi connectivity index (χ0) is 34.4. The van der Waals surface area contributed by atoms with Crippen molar-refractivity contribution in [2.75, 3.05) is 0 Å². The first-order valence-electron chi connectivity index (χ1n) is 15.3. The maximum absolute atomic E-state index is 13.4. The molecule has 0 heterocycles. The van der Waals surface area contributed by atoms with Crippen LogP contribution in [0.1, 0.15) is 22.3 Å². The molecule has 0 aliphatic rings. The molecule has 0 saturated heterocycles. The van der Waals surface area contributed by atoms with Crippen LogP contribution in [0.15, 0.2) is 153 Å². The van der Waals surface area contributed by atoms with E-state index in [2.05, 4.69) is 9.98 Å². The third-order valence-electron chi connectivity index (χ3n) is 7.45. The van der Waals surface area contributed by atoms with Crippen LogP contribution in [0, 0.1) is 13.8 Å². The van der Waals surface area contributed by atoms with Crippen LogP contribution >= 0.6 is 0 Å². The summed E-state index contributed by atoms with van der Waals surface area (Å²) in [6.07, 6.45) is 3.18. The van der Waals surface area contributed by atoms with Gasteiger partial charge in [0.05, 0.1) is 21.2 Å². The predicted molar refractivity (Wildman–Crippen MR) is 192 cm³/mol. The van der Waals surface area contributed by atoms with Gasteiger partial charge in [-0.2, -0.15) is 0 Å². The van der Waals surface area contributed by atoms with Crippen molar-refractivity contribution < 1.29 is 28.1 Å². The first-order valence-corrected chi connectivity index (χ1v) is 16.8. The van der Waals surface area contributed by atoms with Gasteiger partial charge in [-0.1, -0.05) is 35.4 Å². The van der Waals surface area contributed by atoms with Gasteiger partial charge in [-0.25, -0.2) is 8.42 Å². The van der Waals surface area contributed by atoms with Crippen molar-refractivity contribution in [3.63, 3.8) is 0 Å². The number of ether oxygens (including phenoxy) is 2. The number of phenols is 2. The third kappa shape index (κ3) is 8.22. The summed E-state index contributed by atoms with van der Waals surface area (Å²) in [5, 5.41) is 20.1. The molecule has 6 aromatic rings. The van der Waals surface area contributed by atoms with Crippen molar-refractivity contribution in [2.24, 2.45) is 9.98 Å². The SMILES string of the molecule is Cc1ccc(O)c(C=Nc2cccc(Oc3ccc(S(=O)(=O)c4ccc(Oc5cccc(N=Cc6cc(C)ccc6O)c5)cc4)cc3)c2)c1. The molecule has 0 aliphatic carbocycles. The average Bonchev–Trinajstić information content (AvgIpc) is 3.10. The highest BCUT2D eigenvalue weighted by Gasteiger charge is 2.18. The quantitative estimate of drug-likeness (QED) is 0.140. The fraction of sp³-hybridized carbons (Fsp3) is 0.0500. The average molecular weight is 669 g/mol. The zero-order valence-corrected chi connectivity index (χ0v) is 27.5. The van der Waals surface area contributed by atoms with E-state index in [9.17, 15) is 18.6 Å². The van der Waals surface area contributed by atoms with Crippen molar-refractivity contribution in [1.82, 2.24) is 0 Å². The Kier molecular flexibility index (Phi) is 9.55. The highest BCUT2D eigenvalue weighted by molar-refractivity contribution is 7.91. The van der Waals surface area contributed by atoms with E-state index in [0.717, 1.165) is 11.1 Å². The first-order chi connectivity index (χ1) is 23.6. The fourth-order valence-corrected chi connectivity index (χ4v) is 6.14. The molecule has 0 radical (unpaired) electrons. The number of hydrogen-bond donors (Lipinski definition) is 2. The Morgan fingerprint density at radius 2 is 0.918 bits per heavy atom. The normalized spacial score (nSPS) is 11.6. The Hall–Kier alpha value is -6.19. The summed E-state index contributed by atoms with van der Waals surface area (Å²) in [4.78, 5) is 9.14. The number of aromatic hydroxyl groups is 2. The molecule has 6 rings (SSSR count). The molecule has 9 heteroatoms. The lowest BCUT2D eigenvalue weighted by Crippen LogP contribution is -2.01. The van der Waals surface area contributed by atoms with E-state index in [-0.39, 0.29) is 21.3 Å². The number of aryl methyl sites for hydroxylation is 2. The molecule has 6 aromatic carbocycles. The van der Waals surface area contributed by atoms with Gasteiger partial charge in [0.2, 0.25) is 9.84 Å². The molecule has 0 aromatic heterocycles. The fourth-order valence-electron chi connectivity index (χ4n) is 4.88. The topological polar surface area (TPSA) is 118 Å². The molecule has 8 nitrogen and oxygen atoms in total. The van der Waals surface area contributed by atoms with Crippen molar-refractivity contribution >= 4 is 33.6 Å². The van der Waals surface area contributed by atoms with Gasteiger partial charge in [-0.15, -0.1) is 0 Å². The van der Waals surface area contributed by atoms with Crippen LogP contribution in [-0.2, 0) is 9.84 Å². The molecule has 244 valence electrons. The number of sulfone groups is 1. The summed E-state index contributed by atoms with van der Waals surface area (Å²) < 4.78 is 38.7. The van der Waals surface area contributed by atoms with Crippen LogP contribution in [-0.4, -0.2) is 31.1 Å². The number of hydrogen-bond acceptors (Lipinski definition) is 8. The smallest absolute Gasteiger partial charge is 0.206 e. The summed E-state index contributed by atoms with van der Waals surface area (Å²) in [6, 6.07) is 37.3. The van der Waals surface area contributed by atoms with E-state index in [0.29, 0.717) is 45.5 Å². The minimum Gasteiger partial charge on any atom is -0.507 e. The molecule has 0 fully saturated rings. The maximum Gasteiger partial charge on any atom is 0.206 e. The molecule has 0 saturated carbocycles. The molecule has 0 unspecified atom stereocenters. The molecular weight excluding hydrogens is 637 g/mol. The van der Waals surface area contributed by atoms with E-state index < -0.39 is 9.84 Å². The highest BCUT2D eigenvalue weighted by atomic mass is 32.2. The van der Waals surface area contributed by atoms with Crippen LogP contribution in [0.4, 0.5) is 11.4 Å². The van der Waals surface area contributed by atoms with Crippen LogP contribution in [0.3, 0.4) is 0 Å². The van der Waals surface area contributed by atoms with Crippen LogP contribution in [0.25, 0.3) is 0 Å². The van der Waals surface area contributed by atoms with Crippen LogP contribution in [0.5, 0.6) is 34.5 Å². The van der Waals surface area contributed by atoms with E-state index >= 15 is 0 Å². The van der Waals surface area contributed by atoms with Gasteiger partial charge in [0.1, 0.15) is 34.5 Å². The number of phenolic OH excluding ortho intramolecular Hbond substituents is 2. The second-order valence-corrected chi connectivity index (χ2v) is 13.2. The lowest BCUT2D eigenvalue weighted by Gasteiger charge is -2.10. The lowest BCUT2D eigenvalue weighted by atomic mass is 10.1. The maximum atomic E-state index is 13.4. The molecule has 0 atom stereocenters. The summed E-state index contributed by atoms with van der Waals surface area (Å²) in [7, 11) is -3.80. The Balaban J connectivity index is 1.10. The molecule has 49 heavy (non-hydrogen) atoms. The van der Waals surface area contributed by atoms with Gasteiger partial charge in [-0.05, 0) is 111 Å². The monoisotopic (exact) mass is 668 g/mol. The van der Waals surface area contributed by atoms with Gasteiger partial charge in [0.25, 0.3) is 0 Å². The summed E-state index contributed by atoms with van der Waals surface area (Å²) in [5.41, 5.74) is 4.50. The largest absolute Gasteiger partial charge is 0.507 e. The molecule has 0 aliphatic heterocycles. The molecule has 0 amide bonds. The zero-order valence-electron chi connectivity index (χ0n) is 26.7. The lowest BCUT2D eigenvalue weighted by molar-refractivity contribution is 0.474. The van der Waals surface area contributed by atoms with Crippen LogP contribution < -0.4 is 9.47 Å².